The second kappa shape index (κ2) is 14.6. The fourth-order valence-corrected chi connectivity index (χ4v) is 5.84. The van der Waals surface area contributed by atoms with E-state index in [-0.39, 0.29) is 35.7 Å². The number of amides is 3. The zero-order valence-corrected chi connectivity index (χ0v) is 25.0. The highest BCUT2D eigenvalue weighted by Gasteiger charge is 2.34. The van der Waals surface area contributed by atoms with Crippen molar-refractivity contribution < 1.29 is 14.4 Å². The number of hydrogen-bond acceptors (Lipinski definition) is 4. The van der Waals surface area contributed by atoms with Gasteiger partial charge in [0.05, 0.1) is 6.04 Å². The molecule has 2 heterocycles. The maximum atomic E-state index is 13.4. The Labute approximate surface area is 236 Å². The third-order valence-corrected chi connectivity index (χ3v) is 8.39. The molecule has 7 heteroatoms. The van der Waals surface area contributed by atoms with Gasteiger partial charge in [0, 0.05) is 38.3 Å². The van der Waals surface area contributed by atoms with E-state index in [0.29, 0.717) is 18.0 Å². The number of nitrogens with one attached hydrogen (secondary N) is 1. The number of rotatable bonds is 10. The SMILES string of the molecule is C/C(=C\CN(C)C(=O)C(NC(=O)C1CCCCN1C(C)C)C(C)C)C(=O)N1CCC(Cc2ccccc2)CC1. The lowest BCUT2D eigenvalue weighted by Crippen LogP contribution is -2.57. The first kappa shape index (κ1) is 30.9. The van der Waals surface area contributed by atoms with Gasteiger partial charge >= 0.3 is 0 Å². The molecule has 7 nitrogen and oxygen atoms in total. The zero-order valence-electron chi connectivity index (χ0n) is 25.0. The number of carbonyl (C=O) groups is 3. The van der Waals surface area contributed by atoms with Gasteiger partial charge in [-0.15, -0.1) is 0 Å². The molecule has 2 fully saturated rings. The van der Waals surface area contributed by atoms with E-state index in [9.17, 15) is 14.4 Å². The fraction of sp³-hybridized carbons (Fsp3) is 0.656. The van der Waals surface area contributed by atoms with E-state index < -0.39 is 6.04 Å². The Bertz CT molecular complexity index is 982. The molecule has 0 saturated carbocycles. The summed E-state index contributed by atoms with van der Waals surface area (Å²) in [5.74, 6) is 0.441. The summed E-state index contributed by atoms with van der Waals surface area (Å²) in [5.41, 5.74) is 2.02. The van der Waals surface area contributed by atoms with Crippen LogP contribution in [0.25, 0.3) is 0 Å². The Morgan fingerprint density at radius 3 is 2.28 bits per heavy atom. The summed E-state index contributed by atoms with van der Waals surface area (Å²) in [6.07, 6.45) is 7.89. The van der Waals surface area contributed by atoms with Gasteiger partial charge in [-0.2, -0.15) is 0 Å². The molecule has 2 aliphatic heterocycles. The monoisotopic (exact) mass is 538 g/mol. The van der Waals surface area contributed by atoms with Crippen molar-refractivity contribution >= 4 is 17.7 Å². The smallest absolute Gasteiger partial charge is 0.249 e. The van der Waals surface area contributed by atoms with Crippen molar-refractivity contribution in [1.82, 2.24) is 20.0 Å². The average molecular weight is 539 g/mol. The van der Waals surface area contributed by atoms with Gasteiger partial charge in [-0.05, 0) is 76.8 Å². The number of carbonyl (C=O) groups excluding carboxylic acids is 3. The highest BCUT2D eigenvalue weighted by molar-refractivity contribution is 5.93. The van der Waals surface area contributed by atoms with Crippen LogP contribution in [0.15, 0.2) is 42.0 Å². The van der Waals surface area contributed by atoms with E-state index in [0.717, 1.165) is 58.2 Å². The van der Waals surface area contributed by atoms with Crippen molar-refractivity contribution in [2.24, 2.45) is 11.8 Å². The zero-order chi connectivity index (χ0) is 28.5. The molecule has 2 aliphatic rings. The predicted octanol–water partition coefficient (Wildman–Crippen LogP) is 4.28. The Morgan fingerprint density at radius 2 is 1.67 bits per heavy atom. The van der Waals surface area contributed by atoms with Crippen LogP contribution in [0.3, 0.4) is 0 Å². The molecule has 216 valence electrons. The molecule has 0 spiro atoms. The predicted molar refractivity (Wildman–Crippen MR) is 157 cm³/mol. The van der Waals surface area contributed by atoms with Crippen LogP contribution in [0.4, 0.5) is 0 Å². The van der Waals surface area contributed by atoms with E-state index in [4.69, 9.17) is 0 Å². The van der Waals surface area contributed by atoms with Gasteiger partial charge in [-0.3, -0.25) is 19.3 Å². The molecule has 0 radical (unpaired) electrons. The van der Waals surface area contributed by atoms with Crippen LogP contribution in [0.1, 0.15) is 72.3 Å². The summed E-state index contributed by atoms with van der Waals surface area (Å²) in [6, 6.07) is 10.1. The van der Waals surface area contributed by atoms with Crippen molar-refractivity contribution in [1.29, 1.82) is 0 Å². The van der Waals surface area contributed by atoms with Gasteiger partial charge in [0.15, 0.2) is 0 Å². The van der Waals surface area contributed by atoms with Crippen LogP contribution < -0.4 is 5.32 Å². The molecular weight excluding hydrogens is 488 g/mol. The van der Waals surface area contributed by atoms with Crippen LogP contribution in [0.5, 0.6) is 0 Å². The van der Waals surface area contributed by atoms with Gasteiger partial charge in [-0.1, -0.05) is 56.7 Å². The first-order chi connectivity index (χ1) is 18.6. The number of likely N-dealkylation sites (tertiary alicyclic amines) is 2. The Morgan fingerprint density at radius 1 is 1.00 bits per heavy atom. The molecule has 3 amide bonds. The number of benzene rings is 1. The number of piperidine rings is 2. The quantitative estimate of drug-likeness (QED) is 0.452. The summed E-state index contributed by atoms with van der Waals surface area (Å²) < 4.78 is 0. The first-order valence-electron chi connectivity index (χ1n) is 14.9. The van der Waals surface area contributed by atoms with Gasteiger partial charge in [0.25, 0.3) is 0 Å². The normalized spacial score (nSPS) is 20.3. The Balaban J connectivity index is 1.51. The molecule has 0 aromatic heterocycles. The van der Waals surface area contributed by atoms with Crippen LogP contribution in [0.2, 0.25) is 0 Å². The molecule has 1 aromatic rings. The van der Waals surface area contributed by atoms with E-state index in [2.05, 4.69) is 48.3 Å². The second-order valence-corrected chi connectivity index (χ2v) is 12.1. The van der Waals surface area contributed by atoms with Gasteiger partial charge in [-0.25, -0.2) is 0 Å². The van der Waals surface area contributed by atoms with Crippen LogP contribution >= 0.6 is 0 Å². The summed E-state index contributed by atoms with van der Waals surface area (Å²) in [4.78, 5) is 45.5. The standard InChI is InChI=1S/C32H50N4O3/c1-23(2)29(33-30(37)28-14-10-11-18-36(28)24(3)4)32(39)34(6)19-15-25(5)31(38)35-20-16-27(17-21-35)22-26-12-8-7-9-13-26/h7-9,12-13,15,23-24,27-29H,10-11,14,16-22H2,1-6H3,(H,33,37)/b25-15+. The molecule has 39 heavy (non-hydrogen) atoms. The lowest BCUT2D eigenvalue weighted by molar-refractivity contribution is -0.138. The summed E-state index contributed by atoms with van der Waals surface area (Å²) in [5, 5.41) is 3.07. The maximum Gasteiger partial charge on any atom is 0.249 e. The average Bonchev–Trinajstić information content (AvgIpc) is 2.94. The van der Waals surface area contributed by atoms with Crippen molar-refractivity contribution in [2.75, 3.05) is 33.2 Å². The van der Waals surface area contributed by atoms with Crippen molar-refractivity contribution in [3.05, 3.63) is 47.5 Å². The van der Waals surface area contributed by atoms with Crippen molar-refractivity contribution in [3.63, 3.8) is 0 Å². The second-order valence-electron chi connectivity index (χ2n) is 12.1. The molecule has 0 bridgehead atoms. The van der Waals surface area contributed by atoms with Crippen LogP contribution in [-0.4, -0.2) is 83.8 Å². The van der Waals surface area contributed by atoms with Crippen LogP contribution in [0, 0.1) is 11.8 Å². The maximum absolute atomic E-state index is 13.4. The molecular formula is C32H50N4O3. The summed E-state index contributed by atoms with van der Waals surface area (Å²) in [6.45, 7) is 12.8. The van der Waals surface area contributed by atoms with Gasteiger partial charge in [0.2, 0.25) is 17.7 Å². The van der Waals surface area contributed by atoms with E-state index in [1.165, 1.54) is 5.56 Å². The fourth-order valence-electron chi connectivity index (χ4n) is 5.84. The van der Waals surface area contributed by atoms with Gasteiger partial charge < -0.3 is 15.1 Å². The topological polar surface area (TPSA) is 73.0 Å². The highest BCUT2D eigenvalue weighted by Crippen LogP contribution is 2.23. The first-order valence-corrected chi connectivity index (χ1v) is 14.9. The molecule has 2 unspecified atom stereocenters. The van der Waals surface area contributed by atoms with E-state index >= 15 is 0 Å². The lowest BCUT2D eigenvalue weighted by atomic mass is 9.90. The molecule has 0 aliphatic carbocycles. The molecule has 2 saturated heterocycles. The highest BCUT2D eigenvalue weighted by atomic mass is 16.2. The molecule has 2 atom stereocenters. The minimum absolute atomic E-state index is 0.0381. The largest absolute Gasteiger partial charge is 0.343 e. The number of hydrogen-bond donors (Lipinski definition) is 1. The lowest BCUT2D eigenvalue weighted by Gasteiger charge is -2.38. The summed E-state index contributed by atoms with van der Waals surface area (Å²) in [7, 11) is 1.74. The molecule has 1 N–H and O–H groups in total. The Hall–Kier alpha value is -2.67. The number of nitrogens with zero attached hydrogens (tertiary/aromatic N) is 3. The minimum atomic E-state index is -0.591. The minimum Gasteiger partial charge on any atom is -0.343 e. The number of likely N-dealkylation sites (N-methyl/N-ethyl adjacent to an activating group) is 1. The third-order valence-electron chi connectivity index (χ3n) is 8.39. The van der Waals surface area contributed by atoms with E-state index in [1.54, 1.807) is 11.9 Å². The summed E-state index contributed by atoms with van der Waals surface area (Å²) >= 11 is 0. The van der Waals surface area contributed by atoms with Gasteiger partial charge in [0.1, 0.15) is 6.04 Å². The van der Waals surface area contributed by atoms with Crippen molar-refractivity contribution in [3.8, 4) is 0 Å². The van der Waals surface area contributed by atoms with E-state index in [1.807, 2.05) is 37.8 Å². The van der Waals surface area contributed by atoms with Crippen LogP contribution in [-0.2, 0) is 20.8 Å². The third kappa shape index (κ3) is 8.66. The molecule has 3 rings (SSSR count). The van der Waals surface area contributed by atoms with Crippen molar-refractivity contribution in [2.45, 2.75) is 91.3 Å². The molecule has 1 aromatic carbocycles. The Kier molecular flexibility index (Phi) is 11.6.